The molecule has 3 fully saturated rings. The zero-order chi connectivity index (χ0) is 11.9. The summed E-state index contributed by atoms with van der Waals surface area (Å²) in [5.74, 6) is 0. The Morgan fingerprint density at radius 2 is 1.76 bits per heavy atom. The third kappa shape index (κ3) is 2.38. The van der Waals surface area contributed by atoms with Crippen molar-refractivity contribution in [3.63, 3.8) is 0 Å². The molecule has 0 bridgehead atoms. The first-order chi connectivity index (χ1) is 8.16. The van der Waals surface area contributed by atoms with Crippen LogP contribution in [-0.4, -0.2) is 60.1 Å². The van der Waals surface area contributed by atoms with Crippen molar-refractivity contribution in [1.82, 2.24) is 15.1 Å². The minimum Gasteiger partial charge on any atom is -0.309 e. The number of nitrogens with zero attached hydrogens (tertiary/aromatic N) is 2. The smallest absolute Gasteiger partial charge is 0.0265 e. The fourth-order valence-corrected chi connectivity index (χ4v) is 4.11. The van der Waals surface area contributed by atoms with Gasteiger partial charge in [-0.2, -0.15) is 0 Å². The molecule has 0 aromatic rings. The molecule has 3 aliphatic heterocycles. The van der Waals surface area contributed by atoms with Gasteiger partial charge in [0.25, 0.3) is 0 Å². The van der Waals surface area contributed by atoms with Gasteiger partial charge in [0.05, 0.1) is 0 Å². The van der Waals surface area contributed by atoms with Crippen LogP contribution in [0.2, 0.25) is 0 Å². The molecule has 0 aromatic heterocycles. The lowest BCUT2D eigenvalue weighted by atomic mass is 9.94. The summed E-state index contributed by atoms with van der Waals surface area (Å²) >= 11 is 0. The van der Waals surface area contributed by atoms with E-state index in [9.17, 15) is 0 Å². The normalized spacial score (nSPS) is 39.2. The van der Waals surface area contributed by atoms with Crippen LogP contribution < -0.4 is 5.32 Å². The summed E-state index contributed by atoms with van der Waals surface area (Å²) in [6.45, 7) is 11.0. The van der Waals surface area contributed by atoms with E-state index in [2.05, 4.69) is 29.0 Å². The highest BCUT2D eigenvalue weighted by Gasteiger charge is 2.40. The highest BCUT2D eigenvalue weighted by molar-refractivity contribution is 4.99. The van der Waals surface area contributed by atoms with E-state index >= 15 is 0 Å². The summed E-state index contributed by atoms with van der Waals surface area (Å²) in [6.07, 6.45) is 5.72. The second-order valence-corrected chi connectivity index (χ2v) is 6.74. The summed E-state index contributed by atoms with van der Waals surface area (Å²) in [6, 6.07) is 1.72. The molecule has 0 spiro atoms. The number of nitrogens with one attached hydrogen (secondary N) is 1. The van der Waals surface area contributed by atoms with E-state index in [4.69, 9.17) is 0 Å². The maximum absolute atomic E-state index is 3.63. The Balaban J connectivity index is 1.67. The molecule has 3 heterocycles. The molecule has 3 heteroatoms. The van der Waals surface area contributed by atoms with E-state index in [1.54, 1.807) is 0 Å². The summed E-state index contributed by atoms with van der Waals surface area (Å²) < 4.78 is 0. The molecule has 0 aromatic carbocycles. The van der Waals surface area contributed by atoms with Gasteiger partial charge in [-0.3, -0.25) is 9.80 Å². The molecule has 2 unspecified atom stereocenters. The fraction of sp³-hybridized carbons (Fsp3) is 1.00. The molecule has 98 valence electrons. The van der Waals surface area contributed by atoms with Gasteiger partial charge in [0.2, 0.25) is 0 Å². The molecule has 0 amide bonds. The van der Waals surface area contributed by atoms with Gasteiger partial charge in [-0.05, 0) is 39.7 Å². The first-order valence-corrected chi connectivity index (χ1v) is 7.39. The zero-order valence-electron chi connectivity index (χ0n) is 11.4. The van der Waals surface area contributed by atoms with Crippen LogP contribution in [0.15, 0.2) is 0 Å². The molecule has 3 nitrogen and oxygen atoms in total. The Bertz CT molecular complexity index is 277. The number of fused-ring (bicyclic) bond motifs is 1. The lowest BCUT2D eigenvalue weighted by molar-refractivity contribution is 0.0710. The minimum absolute atomic E-state index is 0.306. The fourth-order valence-electron chi connectivity index (χ4n) is 4.11. The molecule has 2 atom stereocenters. The molecule has 0 radical (unpaired) electrons. The molecule has 0 saturated carbocycles. The average Bonchev–Trinajstić information content (AvgIpc) is 2.71. The number of piperazine rings is 1. The molecule has 3 rings (SSSR count). The third-order valence-corrected chi connectivity index (χ3v) is 4.89. The second-order valence-electron chi connectivity index (χ2n) is 6.74. The summed E-state index contributed by atoms with van der Waals surface area (Å²) in [7, 11) is 0. The van der Waals surface area contributed by atoms with E-state index in [1.165, 1.54) is 51.9 Å². The molecule has 3 saturated heterocycles. The molecule has 1 N–H and O–H groups in total. The van der Waals surface area contributed by atoms with E-state index in [1.807, 2.05) is 0 Å². The number of rotatable bonds is 1. The number of piperidine rings is 1. The quantitative estimate of drug-likeness (QED) is 0.741. The largest absolute Gasteiger partial charge is 0.309 e. The van der Waals surface area contributed by atoms with Gasteiger partial charge < -0.3 is 5.32 Å². The van der Waals surface area contributed by atoms with Crippen molar-refractivity contribution in [2.75, 3.05) is 32.7 Å². The number of hydrogen-bond acceptors (Lipinski definition) is 3. The van der Waals surface area contributed by atoms with E-state index in [0.29, 0.717) is 5.54 Å². The van der Waals surface area contributed by atoms with Gasteiger partial charge >= 0.3 is 0 Å². The van der Waals surface area contributed by atoms with Gasteiger partial charge in [0, 0.05) is 43.8 Å². The standard InChI is InChI=1S/C14H27N3/c1-14(2)11-17(10-7-15-14)13-6-9-16-8-4-3-5-12(13)16/h12-13,15H,3-11H2,1-2H3. The SMILES string of the molecule is CC1(C)CN(C2CCN3CCCCC23)CCN1. The van der Waals surface area contributed by atoms with Gasteiger partial charge in [0.1, 0.15) is 0 Å². The van der Waals surface area contributed by atoms with Crippen LogP contribution in [0.4, 0.5) is 0 Å². The van der Waals surface area contributed by atoms with Crippen LogP contribution in [0.25, 0.3) is 0 Å². The Labute approximate surface area is 106 Å². The molecule has 17 heavy (non-hydrogen) atoms. The Morgan fingerprint density at radius 1 is 0.941 bits per heavy atom. The van der Waals surface area contributed by atoms with Gasteiger partial charge in [0.15, 0.2) is 0 Å². The van der Waals surface area contributed by atoms with Gasteiger partial charge in [-0.15, -0.1) is 0 Å². The van der Waals surface area contributed by atoms with Crippen LogP contribution in [0.1, 0.15) is 39.5 Å². The first-order valence-electron chi connectivity index (χ1n) is 7.39. The highest BCUT2D eigenvalue weighted by Crippen LogP contribution is 2.31. The van der Waals surface area contributed by atoms with Gasteiger partial charge in [-0.25, -0.2) is 0 Å². The molecular formula is C14H27N3. The van der Waals surface area contributed by atoms with Gasteiger partial charge in [-0.1, -0.05) is 6.42 Å². The van der Waals surface area contributed by atoms with Crippen molar-refractivity contribution in [3.05, 3.63) is 0 Å². The predicted molar refractivity (Wildman–Crippen MR) is 71.3 cm³/mol. The molecular weight excluding hydrogens is 210 g/mol. The monoisotopic (exact) mass is 237 g/mol. The zero-order valence-corrected chi connectivity index (χ0v) is 11.4. The van der Waals surface area contributed by atoms with E-state index in [-0.39, 0.29) is 0 Å². The summed E-state index contributed by atoms with van der Waals surface area (Å²) in [5, 5.41) is 3.63. The summed E-state index contributed by atoms with van der Waals surface area (Å²) in [5.41, 5.74) is 0.306. The second kappa shape index (κ2) is 4.52. The lowest BCUT2D eigenvalue weighted by Crippen LogP contribution is -2.61. The van der Waals surface area contributed by atoms with Crippen LogP contribution in [0, 0.1) is 0 Å². The van der Waals surface area contributed by atoms with Crippen LogP contribution in [-0.2, 0) is 0 Å². The van der Waals surface area contributed by atoms with Crippen molar-refractivity contribution in [1.29, 1.82) is 0 Å². The van der Waals surface area contributed by atoms with Crippen molar-refractivity contribution in [3.8, 4) is 0 Å². The predicted octanol–water partition coefficient (Wildman–Crippen LogP) is 1.30. The van der Waals surface area contributed by atoms with Crippen LogP contribution in [0.3, 0.4) is 0 Å². The van der Waals surface area contributed by atoms with E-state index in [0.717, 1.165) is 18.6 Å². The van der Waals surface area contributed by atoms with Crippen LogP contribution >= 0.6 is 0 Å². The van der Waals surface area contributed by atoms with Crippen LogP contribution in [0.5, 0.6) is 0 Å². The van der Waals surface area contributed by atoms with Crippen molar-refractivity contribution in [2.24, 2.45) is 0 Å². The van der Waals surface area contributed by atoms with Crippen molar-refractivity contribution >= 4 is 0 Å². The topological polar surface area (TPSA) is 18.5 Å². The third-order valence-electron chi connectivity index (χ3n) is 4.89. The Hall–Kier alpha value is -0.120. The Kier molecular flexibility index (Phi) is 3.18. The maximum atomic E-state index is 3.63. The van der Waals surface area contributed by atoms with Crippen molar-refractivity contribution < 1.29 is 0 Å². The first kappa shape index (κ1) is 11.9. The molecule has 3 aliphatic rings. The summed E-state index contributed by atoms with van der Waals surface area (Å²) in [4.78, 5) is 5.52. The average molecular weight is 237 g/mol. The van der Waals surface area contributed by atoms with E-state index < -0.39 is 0 Å². The highest BCUT2D eigenvalue weighted by atomic mass is 15.3. The Morgan fingerprint density at radius 3 is 2.59 bits per heavy atom. The lowest BCUT2D eigenvalue weighted by Gasteiger charge is -2.45. The number of hydrogen-bond donors (Lipinski definition) is 1. The molecule has 0 aliphatic carbocycles. The maximum Gasteiger partial charge on any atom is 0.0265 e. The van der Waals surface area contributed by atoms with Crippen molar-refractivity contribution in [2.45, 2.75) is 57.2 Å². The minimum atomic E-state index is 0.306.